The van der Waals surface area contributed by atoms with E-state index in [4.69, 9.17) is 4.74 Å². The van der Waals surface area contributed by atoms with Gasteiger partial charge in [-0.3, -0.25) is 4.79 Å². The molecular weight excluding hydrogens is 216 g/mol. The Balaban J connectivity index is 1.78. The summed E-state index contributed by atoms with van der Waals surface area (Å²) in [6.45, 7) is 3.58. The largest absolute Gasteiger partial charge is 0.484 e. The van der Waals surface area contributed by atoms with Crippen LogP contribution < -0.4 is 4.74 Å². The minimum absolute atomic E-state index is 0.0610. The lowest BCUT2D eigenvalue weighted by Gasteiger charge is -2.32. The minimum Gasteiger partial charge on any atom is -0.484 e. The molecule has 17 heavy (non-hydrogen) atoms. The molecule has 0 unspecified atom stereocenters. The summed E-state index contributed by atoms with van der Waals surface area (Å²) < 4.78 is 5.42. The molecule has 0 N–H and O–H groups in total. The number of amides is 1. The summed E-state index contributed by atoms with van der Waals surface area (Å²) in [6.07, 6.45) is 0. The SMILES string of the molecule is CN1CCN(C(=O)COc2cc[c]cc2)CC1. The number of rotatable bonds is 3. The Morgan fingerprint density at radius 1 is 1.29 bits per heavy atom. The first-order chi connectivity index (χ1) is 8.25. The van der Waals surface area contributed by atoms with E-state index in [9.17, 15) is 4.79 Å². The zero-order valence-corrected chi connectivity index (χ0v) is 10.1. The molecule has 1 radical (unpaired) electrons. The summed E-state index contributed by atoms with van der Waals surface area (Å²) in [5.41, 5.74) is 0. The quantitative estimate of drug-likeness (QED) is 0.768. The molecule has 0 bridgehead atoms. The number of carbonyl (C=O) groups is 1. The van der Waals surface area contributed by atoms with E-state index < -0.39 is 0 Å². The molecule has 1 aromatic carbocycles. The van der Waals surface area contributed by atoms with Crippen LogP contribution in [0.4, 0.5) is 0 Å². The smallest absolute Gasteiger partial charge is 0.260 e. The molecule has 1 heterocycles. The summed E-state index contributed by atoms with van der Waals surface area (Å²) in [5, 5.41) is 0. The second-order valence-electron chi connectivity index (χ2n) is 4.21. The summed E-state index contributed by atoms with van der Waals surface area (Å²) in [4.78, 5) is 15.9. The van der Waals surface area contributed by atoms with E-state index in [1.165, 1.54) is 0 Å². The molecule has 1 aliphatic rings. The number of hydrogen-bond donors (Lipinski definition) is 0. The Morgan fingerprint density at radius 2 is 1.94 bits per heavy atom. The Hall–Kier alpha value is -1.55. The van der Waals surface area contributed by atoms with Crippen LogP contribution in [0.1, 0.15) is 0 Å². The van der Waals surface area contributed by atoms with Crippen molar-refractivity contribution in [2.24, 2.45) is 0 Å². The second-order valence-corrected chi connectivity index (χ2v) is 4.21. The van der Waals surface area contributed by atoms with Crippen LogP contribution in [0.15, 0.2) is 24.3 Å². The van der Waals surface area contributed by atoms with Gasteiger partial charge in [-0.1, -0.05) is 12.1 Å². The van der Waals surface area contributed by atoms with Crippen molar-refractivity contribution in [2.45, 2.75) is 0 Å². The number of likely N-dealkylation sites (N-methyl/N-ethyl adjacent to an activating group) is 1. The molecule has 0 aliphatic carbocycles. The highest BCUT2D eigenvalue weighted by Crippen LogP contribution is 2.08. The molecule has 2 rings (SSSR count). The molecule has 91 valence electrons. The zero-order chi connectivity index (χ0) is 12.1. The van der Waals surface area contributed by atoms with Gasteiger partial charge in [-0.15, -0.1) is 0 Å². The van der Waals surface area contributed by atoms with Gasteiger partial charge in [0.15, 0.2) is 6.61 Å². The third-order valence-electron chi connectivity index (χ3n) is 2.91. The van der Waals surface area contributed by atoms with Gasteiger partial charge in [0.1, 0.15) is 5.75 Å². The minimum atomic E-state index is 0.0610. The van der Waals surface area contributed by atoms with Crippen molar-refractivity contribution in [3.05, 3.63) is 30.3 Å². The predicted octanol–water partition coefficient (Wildman–Crippen LogP) is 0.640. The van der Waals surface area contributed by atoms with Crippen molar-refractivity contribution in [1.82, 2.24) is 9.80 Å². The van der Waals surface area contributed by atoms with E-state index in [1.807, 2.05) is 4.90 Å². The fraction of sp³-hybridized carbons (Fsp3) is 0.462. The van der Waals surface area contributed by atoms with Crippen LogP contribution in [0.25, 0.3) is 0 Å². The second kappa shape index (κ2) is 5.68. The number of hydrogen-bond acceptors (Lipinski definition) is 3. The highest BCUT2D eigenvalue weighted by Gasteiger charge is 2.18. The van der Waals surface area contributed by atoms with Crippen molar-refractivity contribution in [1.29, 1.82) is 0 Å². The summed E-state index contributed by atoms with van der Waals surface area (Å²) in [7, 11) is 2.07. The van der Waals surface area contributed by atoms with Crippen molar-refractivity contribution >= 4 is 5.91 Å². The first-order valence-electron chi connectivity index (χ1n) is 5.81. The lowest BCUT2D eigenvalue weighted by Crippen LogP contribution is -2.48. The number of carbonyl (C=O) groups excluding carboxylic acids is 1. The van der Waals surface area contributed by atoms with E-state index >= 15 is 0 Å². The molecule has 1 amide bonds. The van der Waals surface area contributed by atoms with Crippen LogP contribution in [0.3, 0.4) is 0 Å². The molecule has 0 saturated carbocycles. The number of benzene rings is 1. The molecule has 1 fully saturated rings. The first kappa shape index (κ1) is 11.9. The maximum Gasteiger partial charge on any atom is 0.260 e. The summed E-state index contributed by atoms with van der Waals surface area (Å²) in [6, 6.07) is 10.1. The topological polar surface area (TPSA) is 32.8 Å². The van der Waals surface area contributed by atoms with Crippen LogP contribution in [-0.4, -0.2) is 55.5 Å². The van der Waals surface area contributed by atoms with Gasteiger partial charge in [0.25, 0.3) is 5.91 Å². The van der Waals surface area contributed by atoms with Gasteiger partial charge in [-0.2, -0.15) is 0 Å². The van der Waals surface area contributed by atoms with Gasteiger partial charge in [0.05, 0.1) is 0 Å². The van der Waals surface area contributed by atoms with Crippen LogP contribution in [0, 0.1) is 6.07 Å². The van der Waals surface area contributed by atoms with E-state index in [0.29, 0.717) is 5.75 Å². The third-order valence-corrected chi connectivity index (χ3v) is 2.91. The number of piperazine rings is 1. The predicted molar refractivity (Wildman–Crippen MR) is 64.9 cm³/mol. The fourth-order valence-corrected chi connectivity index (χ4v) is 1.76. The van der Waals surface area contributed by atoms with Crippen molar-refractivity contribution in [3.8, 4) is 5.75 Å². The standard InChI is InChI=1S/C13H17N2O2/c1-14-7-9-15(10-8-14)13(16)11-17-12-5-3-2-4-6-12/h3-6H,7-11H2,1H3. The summed E-state index contributed by atoms with van der Waals surface area (Å²) in [5.74, 6) is 0.775. The van der Waals surface area contributed by atoms with Gasteiger partial charge in [-0.05, 0) is 25.2 Å². The Morgan fingerprint density at radius 3 is 2.59 bits per heavy atom. The Bertz CT molecular complexity index is 359. The average molecular weight is 233 g/mol. The van der Waals surface area contributed by atoms with E-state index in [2.05, 4.69) is 18.0 Å². The van der Waals surface area contributed by atoms with Crippen LogP contribution in [0.2, 0.25) is 0 Å². The zero-order valence-electron chi connectivity index (χ0n) is 10.1. The van der Waals surface area contributed by atoms with Crippen molar-refractivity contribution < 1.29 is 9.53 Å². The molecule has 0 spiro atoms. The van der Waals surface area contributed by atoms with Gasteiger partial charge >= 0.3 is 0 Å². The molecule has 0 aromatic heterocycles. The maximum atomic E-state index is 11.9. The molecule has 1 aromatic rings. The maximum absolute atomic E-state index is 11.9. The first-order valence-corrected chi connectivity index (χ1v) is 5.81. The van der Waals surface area contributed by atoms with Gasteiger partial charge in [-0.25, -0.2) is 0 Å². The Labute approximate surface area is 102 Å². The van der Waals surface area contributed by atoms with Gasteiger partial charge in [0.2, 0.25) is 0 Å². The summed E-state index contributed by atoms with van der Waals surface area (Å²) >= 11 is 0. The highest BCUT2D eigenvalue weighted by molar-refractivity contribution is 5.77. The van der Waals surface area contributed by atoms with Crippen LogP contribution in [0.5, 0.6) is 5.75 Å². The molecular formula is C13H17N2O2. The van der Waals surface area contributed by atoms with Crippen molar-refractivity contribution in [3.63, 3.8) is 0 Å². The van der Waals surface area contributed by atoms with Crippen LogP contribution in [-0.2, 0) is 4.79 Å². The molecule has 1 aliphatic heterocycles. The van der Waals surface area contributed by atoms with Gasteiger partial charge < -0.3 is 14.5 Å². The Kier molecular flexibility index (Phi) is 3.98. The lowest BCUT2D eigenvalue weighted by atomic mass is 10.3. The highest BCUT2D eigenvalue weighted by atomic mass is 16.5. The molecule has 0 atom stereocenters. The molecule has 1 saturated heterocycles. The normalized spacial score (nSPS) is 16.9. The van der Waals surface area contributed by atoms with E-state index in [-0.39, 0.29) is 12.5 Å². The van der Waals surface area contributed by atoms with Crippen LogP contribution >= 0.6 is 0 Å². The third kappa shape index (κ3) is 3.46. The van der Waals surface area contributed by atoms with E-state index in [0.717, 1.165) is 26.2 Å². The fourth-order valence-electron chi connectivity index (χ4n) is 1.76. The average Bonchev–Trinajstić information content (AvgIpc) is 2.38. The van der Waals surface area contributed by atoms with Gasteiger partial charge in [0, 0.05) is 26.2 Å². The number of ether oxygens (including phenoxy) is 1. The van der Waals surface area contributed by atoms with Crippen molar-refractivity contribution in [2.75, 3.05) is 39.8 Å². The molecule has 4 heteroatoms. The molecule has 4 nitrogen and oxygen atoms in total. The lowest BCUT2D eigenvalue weighted by molar-refractivity contribution is -0.134. The van der Waals surface area contributed by atoms with E-state index in [1.54, 1.807) is 24.3 Å². The monoisotopic (exact) mass is 233 g/mol. The number of nitrogens with zero attached hydrogens (tertiary/aromatic N) is 2.